The second kappa shape index (κ2) is 10.4. The molecule has 190 valence electrons. The number of azo groups is 2. The van der Waals surface area contributed by atoms with E-state index in [9.17, 15) is 13.9 Å². The summed E-state index contributed by atoms with van der Waals surface area (Å²) >= 11 is -2.89. The Kier molecular flexibility index (Phi) is 6.82. The zero-order chi connectivity index (χ0) is 26.8. The van der Waals surface area contributed by atoms with E-state index in [-0.39, 0.29) is 17.2 Å². The Balaban J connectivity index is 1.58. The maximum absolute atomic E-state index is 11.3. The third-order valence-corrected chi connectivity index (χ3v) is 6.17. The van der Waals surface area contributed by atoms with Gasteiger partial charge in [0.05, 0.1) is 17.1 Å². The van der Waals surface area contributed by atoms with Crippen LogP contribution in [-0.4, -0.2) is 13.9 Å². The van der Waals surface area contributed by atoms with Gasteiger partial charge in [-0.2, -0.15) is 5.11 Å². The summed E-state index contributed by atoms with van der Waals surface area (Å²) in [5.41, 5.74) is 10.2. The average Bonchev–Trinajstić information content (AvgIpc) is 2.87. The van der Waals surface area contributed by atoms with Crippen molar-refractivity contribution in [2.45, 2.75) is 13.8 Å². The number of benzene rings is 5. The molecule has 0 heterocycles. The molecule has 0 amide bonds. The largest absolute Gasteiger partial charge is 0.740 e. The van der Waals surface area contributed by atoms with Gasteiger partial charge in [0.15, 0.2) is 17.2 Å². The van der Waals surface area contributed by atoms with Crippen molar-refractivity contribution in [2.24, 2.45) is 20.5 Å². The standard InChI is InChI=1S/C28H23N5O4S/c1-16-11-17(2)13-20(12-16)30-31-24-9-10-25(22-6-4-3-5-21(22)24)32-33-27-26(37-38(35)36)14-18-7-8-19(29)15-23(18)28(27)34/h3-15,34H,29H2,1-2H3,(H,35,36)/p-1. The lowest BCUT2D eigenvalue weighted by atomic mass is 10.1. The van der Waals surface area contributed by atoms with Crippen LogP contribution in [-0.2, 0) is 11.4 Å². The lowest BCUT2D eigenvalue weighted by Gasteiger charge is -2.13. The van der Waals surface area contributed by atoms with E-state index in [0.717, 1.165) is 27.6 Å². The molecular formula is C28H22N5O4S-. The summed E-state index contributed by atoms with van der Waals surface area (Å²) in [4.78, 5) is 0. The highest BCUT2D eigenvalue weighted by atomic mass is 32.2. The molecule has 0 aromatic heterocycles. The maximum atomic E-state index is 11.3. The number of nitrogens with zero attached hydrogens (tertiary/aromatic N) is 4. The summed E-state index contributed by atoms with van der Waals surface area (Å²) in [7, 11) is 0. The van der Waals surface area contributed by atoms with Gasteiger partial charge in [0.25, 0.3) is 0 Å². The van der Waals surface area contributed by atoms with Crippen LogP contribution in [0.25, 0.3) is 21.5 Å². The molecule has 5 aromatic carbocycles. The van der Waals surface area contributed by atoms with E-state index in [1.807, 2.05) is 50.2 Å². The van der Waals surface area contributed by atoms with Gasteiger partial charge in [0.2, 0.25) is 0 Å². The van der Waals surface area contributed by atoms with Crippen molar-refractivity contribution in [1.29, 1.82) is 0 Å². The summed E-state index contributed by atoms with van der Waals surface area (Å²) in [6.45, 7) is 4.02. The molecule has 5 rings (SSSR count). The summed E-state index contributed by atoms with van der Waals surface area (Å²) in [5, 5.41) is 30.7. The number of aryl methyl sites for hydroxylation is 2. The van der Waals surface area contributed by atoms with Crippen LogP contribution in [0.2, 0.25) is 0 Å². The second-order valence-electron chi connectivity index (χ2n) is 8.74. The number of nitrogen functional groups attached to an aromatic ring is 1. The highest BCUT2D eigenvalue weighted by Gasteiger charge is 2.16. The first-order chi connectivity index (χ1) is 18.3. The van der Waals surface area contributed by atoms with Gasteiger partial charge >= 0.3 is 0 Å². The predicted molar refractivity (Wildman–Crippen MR) is 148 cm³/mol. The molecule has 1 unspecified atom stereocenters. The van der Waals surface area contributed by atoms with Crippen molar-refractivity contribution >= 4 is 61.3 Å². The number of anilines is 1. The molecule has 0 saturated carbocycles. The van der Waals surface area contributed by atoms with Crippen LogP contribution in [0.1, 0.15) is 11.1 Å². The molecule has 38 heavy (non-hydrogen) atoms. The van der Waals surface area contributed by atoms with Gasteiger partial charge in [-0.15, -0.1) is 15.3 Å². The summed E-state index contributed by atoms with van der Waals surface area (Å²) in [6.07, 6.45) is 0. The van der Waals surface area contributed by atoms with Crippen LogP contribution >= 0.6 is 0 Å². The lowest BCUT2D eigenvalue weighted by Crippen LogP contribution is -1.98. The first-order valence-corrected chi connectivity index (χ1v) is 12.5. The maximum Gasteiger partial charge on any atom is 0.171 e. The Morgan fingerprint density at radius 3 is 2.05 bits per heavy atom. The van der Waals surface area contributed by atoms with Crippen LogP contribution in [0.5, 0.6) is 11.5 Å². The summed E-state index contributed by atoms with van der Waals surface area (Å²) < 4.78 is 27.5. The predicted octanol–water partition coefficient (Wildman–Crippen LogP) is 7.90. The minimum atomic E-state index is -2.89. The number of hydrogen-bond donors (Lipinski definition) is 2. The smallest absolute Gasteiger partial charge is 0.171 e. The van der Waals surface area contributed by atoms with Crippen LogP contribution in [0, 0.1) is 13.8 Å². The van der Waals surface area contributed by atoms with Crippen molar-refractivity contribution in [3.05, 3.63) is 90.0 Å². The van der Waals surface area contributed by atoms with E-state index in [1.54, 1.807) is 30.3 Å². The van der Waals surface area contributed by atoms with E-state index in [4.69, 9.17) is 9.92 Å². The Bertz CT molecular complexity index is 1770. The molecule has 5 aromatic rings. The first kappa shape index (κ1) is 25.0. The van der Waals surface area contributed by atoms with Gasteiger partial charge in [-0.3, -0.25) is 0 Å². The number of rotatable bonds is 6. The minimum Gasteiger partial charge on any atom is -0.740 e. The van der Waals surface area contributed by atoms with E-state index < -0.39 is 11.4 Å². The van der Waals surface area contributed by atoms with Crippen molar-refractivity contribution in [3.8, 4) is 11.5 Å². The Hall–Kier alpha value is -4.67. The number of fused-ring (bicyclic) bond motifs is 2. The molecule has 0 aliphatic rings. The topological polar surface area (TPSA) is 145 Å². The van der Waals surface area contributed by atoms with Gasteiger partial charge in [0.1, 0.15) is 11.4 Å². The van der Waals surface area contributed by atoms with Crippen molar-refractivity contribution < 1.29 is 18.1 Å². The van der Waals surface area contributed by atoms with Gasteiger partial charge in [-0.1, -0.05) is 36.4 Å². The van der Waals surface area contributed by atoms with E-state index >= 15 is 0 Å². The Morgan fingerprint density at radius 1 is 0.789 bits per heavy atom. The van der Waals surface area contributed by atoms with Crippen LogP contribution in [0.3, 0.4) is 0 Å². The van der Waals surface area contributed by atoms with Gasteiger partial charge in [-0.05, 0) is 72.8 Å². The van der Waals surface area contributed by atoms with Gasteiger partial charge < -0.3 is 19.6 Å². The minimum absolute atomic E-state index is 0.144. The number of hydrogen-bond acceptors (Lipinski definition) is 9. The third kappa shape index (κ3) is 5.22. The molecule has 9 nitrogen and oxygen atoms in total. The molecule has 0 bridgehead atoms. The van der Waals surface area contributed by atoms with Crippen molar-refractivity contribution in [1.82, 2.24) is 0 Å². The molecule has 0 spiro atoms. The second-order valence-corrected chi connectivity index (χ2v) is 9.31. The fourth-order valence-electron chi connectivity index (χ4n) is 4.26. The van der Waals surface area contributed by atoms with E-state index in [2.05, 4.69) is 26.5 Å². The fraction of sp³-hybridized carbons (Fsp3) is 0.0714. The number of nitrogens with two attached hydrogens (primary N) is 1. The Morgan fingerprint density at radius 2 is 1.42 bits per heavy atom. The third-order valence-electron chi connectivity index (χ3n) is 5.85. The highest BCUT2D eigenvalue weighted by Crippen LogP contribution is 2.45. The van der Waals surface area contributed by atoms with E-state index in [0.29, 0.717) is 27.8 Å². The molecule has 0 aliphatic carbocycles. The quantitative estimate of drug-likeness (QED) is 0.132. The SMILES string of the molecule is Cc1cc(C)cc(N=Nc2ccc(N=Nc3c(OS(=O)[O-])cc4ccc(N)cc4c3O)c3ccccc23)c1. The van der Waals surface area contributed by atoms with Crippen molar-refractivity contribution in [2.75, 3.05) is 5.73 Å². The van der Waals surface area contributed by atoms with Crippen molar-refractivity contribution in [3.63, 3.8) is 0 Å². The fourth-order valence-corrected chi connectivity index (χ4v) is 4.53. The number of phenols is 1. The Labute approximate surface area is 220 Å². The summed E-state index contributed by atoms with van der Waals surface area (Å²) in [5.74, 6) is -0.470. The zero-order valence-corrected chi connectivity index (χ0v) is 21.3. The molecule has 10 heteroatoms. The number of aromatic hydroxyl groups is 1. The van der Waals surface area contributed by atoms with Crippen LogP contribution in [0.4, 0.5) is 28.4 Å². The molecular weight excluding hydrogens is 502 g/mol. The van der Waals surface area contributed by atoms with Gasteiger partial charge in [-0.25, -0.2) is 4.21 Å². The summed E-state index contributed by atoms with van der Waals surface area (Å²) in [6, 6.07) is 23.3. The van der Waals surface area contributed by atoms with Crippen LogP contribution in [0.15, 0.2) is 99.3 Å². The van der Waals surface area contributed by atoms with Crippen LogP contribution < -0.4 is 9.92 Å². The molecule has 0 aliphatic heterocycles. The monoisotopic (exact) mass is 524 g/mol. The van der Waals surface area contributed by atoms with E-state index in [1.165, 1.54) is 6.07 Å². The normalized spacial score (nSPS) is 12.6. The average molecular weight is 525 g/mol. The highest BCUT2D eigenvalue weighted by molar-refractivity contribution is 7.74. The number of phenolic OH excluding ortho intramolecular Hbond substituents is 1. The zero-order valence-electron chi connectivity index (χ0n) is 20.5. The van der Waals surface area contributed by atoms with Gasteiger partial charge in [0, 0.05) is 21.8 Å². The molecule has 0 radical (unpaired) electrons. The first-order valence-electron chi connectivity index (χ1n) is 11.5. The molecule has 3 N–H and O–H groups in total. The molecule has 1 atom stereocenters. The molecule has 0 saturated heterocycles. The molecule has 0 fully saturated rings. The lowest BCUT2D eigenvalue weighted by molar-refractivity contribution is 0.437.